The Hall–Kier alpha value is -2.94. The number of para-hydroxylation sites is 1. The molecule has 4 rings (SSSR count). The van der Waals surface area contributed by atoms with E-state index in [0.717, 1.165) is 17.0 Å². The summed E-state index contributed by atoms with van der Waals surface area (Å²) >= 11 is 4.49. The number of aliphatic hydroxyl groups is 1. The molecule has 1 atom stereocenters. The van der Waals surface area contributed by atoms with Crippen LogP contribution in [0.1, 0.15) is 18.8 Å². The van der Waals surface area contributed by atoms with Gasteiger partial charge in [0.2, 0.25) is 0 Å². The Labute approximate surface area is 167 Å². The largest absolute Gasteiger partial charge is 0.494 e. The van der Waals surface area contributed by atoms with Gasteiger partial charge in [-0.3, -0.25) is 4.57 Å². The van der Waals surface area contributed by atoms with E-state index >= 15 is 0 Å². The van der Waals surface area contributed by atoms with E-state index in [2.05, 4.69) is 22.6 Å². The lowest BCUT2D eigenvalue weighted by Gasteiger charge is -2.10. The topological polar surface area (TPSA) is 99.1 Å². The molecule has 0 aliphatic rings. The smallest absolute Gasteiger partial charge is 0.171 e. The number of nitrogens with two attached hydrogens (primary N) is 1. The first-order valence-corrected chi connectivity index (χ1v) is 9.25. The van der Waals surface area contributed by atoms with Crippen molar-refractivity contribution in [2.75, 3.05) is 6.61 Å². The van der Waals surface area contributed by atoms with E-state index in [9.17, 15) is 5.11 Å². The molecule has 1 unspecified atom stereocenters. The highest BCUT2D eigenvalue weighted by atomic mass is 32.1. The van der Waals surface area contributed by atoms with Crippen LogP contribution in [0.3, 0.4) is 0 Å². The molecule has 3 N–H and O–H groups in total. The average Bonchev–Trinajstić information content (AvgIpc) is 3.04. The summed E-state index contributed by atoms with van der Waals surface area (Å²) in [6.45, 7) is 2.52. The van der Waals surface area contributed by atoms with Gasteiger partial charge in [0.15, 0.2) is 16.6 Å². The van der Waals surface area contributed by atoms with Crippen molar-refractivity contribution in [1.29, 1.82) is 0 Å². The van der Waals surface area contributed by atoms with Crippen LogP contribution in [-0.2, 0) is 0 Å². The molecule has 0 fully saturated rings. The maximum Gasteiger partial charge on any atom is 0.171 e. The summed E-state index contributed by atoms with van der Waals surface area (Å²) in [6.07, 6.45) is -1.29. The summed E-state index contributed by atoms with van der Waals surface area (Å²) in [5.74, 6) is 1.19. The van der Waals surface area contributed by atoms with Crippen LogP contribution in [0.25, 0.3) is 28.2 Å². The Morgan fingerprint density at radius 3 is 2.43 bits per heavy atom. The molecule has 2 aromatic carbocycles. The van der Waals surface area contributed by atoms with Crippen molar-refractivity contribution in [2.45, 2.75) is 18.3 Å². The quantitative estimate of drug-likeness (QED) is 0.356. The fourth-order valence-electron chi connectivity index (χ4n) is 2.98. The number of benzene rings is 2. The summed E-state index contributed by atoms with van der Waals surface area (Å²) in [4.78, 5) is 13.6. The van der Waals surface area contributed by atoms with Crippen molar-refractivity contribution in [3.63, 3.8) is 0 Å². The van der Waals surface area contributed by atoms with Gasteiger partial charge in [-0.2, -0.15) is 0 Å². The molecule has 2 aromatic heterocycles. The molecule has 28 heavy (non-hydrogen) atoms. The van der Waals surface area contributed by atoms with E-state index in [4.69, 9.17) is 15.5 Å². The molecule has 0 radical (unpaired) electrons. The van der Waals surface area contributed by atoms with Gasteiger partial charge in [0, 0.05) is 11.3 Å². The maximum absolute atomic E-state index is 10.1. The van der Waals surface area contributed by atoms with Crippen molar-refractivity contribution >= 4 is 23.8 Å². The Balaban J connectivity index is 1.93. The van der Waals surface area contributed by atoms with E-state index in [1.165, 1.54) is 0 Å². The second-order valence-corrected chi connectivity index (χ2v) is 6.49. The lowest BCUT2D eigenvalue weighted by Crippen LogP contribution is -2.13. The van der Waals surface area contributed by atoms with E-state index in [1.807, 2.05) is 61.5 Å². The number of rotatable bonds is 5. The minimum absolute atomic E-state index is 0.249. The molecule has 0 saturated heterocycles. The molecule has 0 aliphatic carbocycles. The minimum Gasteiger partial charge on any atom is -0.494 e. The van der Waals surface area contributed by atoms with Crippen molar-refractivity contribution in [3.05, 3.63) is 60.3 Å². The van der Waals surface area contributed by atoms with Gasteiger partial charge in [-0.05, 0) is 43.3 Å². The number of ether oxygens (including phenoxy) is 1. The van der Waals surface area contributed by atoms with E-state index in [-0.39, 0.29) is 5.69 Å². The SMILES string of the molecule is CCOc1ccc(-c2nc(C(N)O)c3nc(S)n(-c4ccccc4)c3n2)cc1. The molecular formula is C20H19N5O2S. The fraction of sp³-hybridized carbons (Fsp3) is 0.150. The van der Waals surface area contributed by atoms with Crippen LogP contribution in [0.2, 0.25) is 0 Å². The number of aliphatic hydroxyl groups excluding tert-OH is 1. The zero-order valence-corrected chi connectivity index (χ0v) is 16.0. The summed E-state index contributed by atoms with van der Waals surface area (Å²) in [5, 5.41) is 10.5. The van der Waals surface area contributed by atoms with Gasteiger partial charge in [-0.1, -0.05) is 18.2 Å². The van der Waals surface area contributed by atoms with Crippen LogP contribution in [0.15, 0.2) is 59.8 Å². The number of hydrogen-bond donors (Lipinski definition) is 3. The number of nitrogens with zero attached hydrogens (tertiary/aromatic N) is 4. The van der Waals surface area contributed by atoms with Gasteiger partial charge < -0.3 is 15.6 Å². The first-order chi connectivity index (χ1) is 13.6. The third-order valence-electron chi connectivity index (χ3n) is 4.23. The number of fused-ring (bicyclic) bond motifs is 1. The van der Waals surface area contributed by atoms with Gasteiger partial charge >= 0.3 is 0 Å². The van der Waals surface area contributed by atoms with Crippen molar-refractivity contribution in [2.24, 2.45) is 5.73 Å². The predicted molar refractivity (Wildman–Crippen MR) is 110 cm³/mol. The summed E-state index contributed by atoms with van der Waals surface area (Å²) in [5.41, 5.74) is 8.57. The average molecular weight is 393 g/mol. The zero-order valence-electron chi connectivity index (χ0n) is 15.1. The molecule has 0 aliphatic heterocycles. The number of hydrogen-bond acceptors (Lipinski definition) is 7. The van der Waals surface area contributed by atoms with Gasteiger partial charge in [0.1, 0.15) is 23.2 Å². The van der Waals surface area contributed by atoms with Crippen molar-refractivity contribution in [1.82, 2.24) is 19.5 Å². The Bertz CT molecular complexity index is 1110. The molecule has 0 spiro atoms. The van der Waals surface area contributed by atoms with Gasteiger partial charge in [-0.15, -0.1) is 12.6 Å². The third kappa shape index (κ3) is 3.33. The molecule has 7 nitrogen and oxygen atoms in total. The molecule has 0 amide bonds. The highest BCUT2D eigenvalue weighted by Gasteiger charge is 2.20. The molecule has 8 heteroatoms. The normalized spacial score (nSPS) is 12.3. The predicted octanol–water partition coefficient (Wildman–Crippen LogP) is 3.12. The van der Waals surface area contributed by atoms with E-state index in [0.29, 0.717) is 28.8 Å². The summed E-state index contributed by atoms with van der Waals surface area (Å²) in [7, 11) is 0. The highest BCUT2D eigenvalue weighted by molar-refractivity contribution is 7.80. The maximum atomic E-state index is 10.1. The second kappa shape index (κ2) is 7.59. The van der Waals surface area contributed by atoms with E-state index < -0.39 is 6.23 Å². The first kappa shape index (κ1) is 18.4. The van der Waals surface area contributed by atoms with Gasteiger partial charge in [0.05, 0.1) is 6.61 Å². The lowest BCUT2D eigenvalue weighted by molar-refractivity contribution is 0.183. The Morgan fingerprint density at radius 1 is 1.07 bits per heavy atom. The van der Waals surface area contributed by atoms with Crippen LogP contribution in [0.5, 0.6) is 5.75 Å². The molecule has 142 valence electrons. The molecule has 0 bridgehead atoms. The molecule has 0 saturated carbocycles. The lowest BCUT2D eigenvalue weighted by atomic mass is 10.2. The zero-order chi connectivity index (χ0) is 19.7. The molecular weight excluding hydrogens is 374 g/mol. The summed E-state index contributed by atoms with van der Waals surface area (Å²) < 4.78 is 7.28. The minimum atomic E-state index is -1.29. The number of imidazole rings is 1. The standard InChI is InChI=1S/C20H19N5O2S/c1-2-27-14-10-8-12(9-11-14)18-22-15(17(21)26)16-19(24-18)25(20(28)23-16)13-6-4-3-5-7-13/h3-11,17,26H,2,21H2,1H3,(H,23,28). The Kier molecular flexibility index (Phi) is 4.99. The van der Waals surface area contributed by atoms with E-state index in [1.54, 1.807) is 4.57 Å². The summed E-state index contributed by atoms with van der Waals surface area (Å²) in [6, 6.07) is 17.1. The third-order valence-corrected chi connectivity index (χ3v) is 4.53. The van der Waals surface area contributed by atoms with Gasteiger partial charge in [-0.25, -0.2) is 15.0 Å². The second-order valence-electron chi connectivity index (χ2n) is 6.09. The van der Waals surface area contributed by atoms with Gasteiger partial charge in [0.25, 0.3) is 0 Å². The number of aromatic nitrogens is 4. The van der Waals surface area contributed by atoms with Crippen molar-refractivity contribution < 1.29 is 9.84 Å². The number of thiol groups is 1. The van der Waals surface area contributed by atoms with Crippen LogP contribution in [0, 0.1) is 0 Å². The van der Waals surface area contributed by atoms with Crippen LogP contribution < -0.4 is 10.5 Å². The molecule has 2 heterocycles. The highest BCUT2D eigenvalue weighted by Crippen LogP contribution is 2.29. The van der Waals surface area contributed by atoms with Crippen molar-refractivity contribution in [3.8, 4) is 22.8 Å². The van der Waals surface area contributed by atoms with Crippen LogP contribution in [0.4, 0.5) is 0 Å². The van der Waals surface area contributed by atoms with Crippen LogP contribution >= 0.6 is 12.6 Å². The Morgan fingerprint density at radius 2 is 1.79 bits per heavy atom. The first-order valence-electron chi connectivity index (χ1n) is 8.80. The monoisotopic (exact) mass is 393 g/mol. The fourth-order valence-corrected chi connectivity index (χ4v) is 3.29. The van der Waals surface area contributed by atoms with Crippen LogP contribution in [-0.4, -0.2) is 31.2 Å². The molecule has 4 aromatic rings.